The third-order valence-corrected chi connectivity index (χ3v) is 3.47. The van der Waals surface area contributed by atoms with Crippen molar-refractivity contribution in [3.63, 3.8) is 0 Å². The molecule has 4 N–H and O–H groups in total. The van der Waals surface area contributed by atoms with E-state index in [9.17, 15) is 10.0 Å². The van der Waals surface area contributed by atoms with Gasteiger partial charge in [-0.2, -0.15) is 0 Å². The third-order valence-electron chi connectivity index (χ3n) is 3.47. The van der Waals surface area contributed by atoms with E-state index in [1.807, 2.05) is 6.07 Å². The molecule has 4 heteroatoms. The van der Waals surface area contributed by atoms with Crippen molar-refractivity contribution < 1.29 is 10.0 Å². The van der Waals surface area contributed by atoms with E-state index in [1.165, 1.54) is 19.3 Å². The van der Waals surface area contributed by atoms with Gasteiger partial charge in [0.1, 0.15) is 0 Å². The van der Waals surface area contributed by atoms with E-state index in [0.29, 0.717) is 17.1 Å². The van der Waals surface area contributed by atoms with Gasteiger partial charge in [-0.05, 0) is 35.9 Å². The molecule has 3 nitrogen and oxygen atoms in total. The molecule has 1 aromatic rings. The number of hydrogen-bond donors (Lipinski definition) is 3. The maximum atomic E-state index is 9.36. The van der Waals surface area contributed by atoms with Gasteiger partial charge in [0.05, 0.1) is 0 Å². The zero-order valence-electron chi connectivity index (χ0n) is 9.39. The molecule has 1 saturated carbocycles. The summed E-state index contributed by atoms with van der Waals surface area (Å²) in [5.74, 6) is 0.395. The fraction of sp³-hybridized carbons (Fsp3) is 0.500. The Bertz CT molecular complexity index is 362. The highest BCUT2D eigenvalue weighted by atomic mass is 16.4. The van der Waals surface area contributed by atoms with E-state index in [4.69, 9.17) is 5.73 Å². The van der Waals surface area contributed by atoms with Crippen LogP contribution in [-0.4, -0.2) is 17.2 Å². The van der Waals surface area contributed by atoms with Gasteiger partial charge in [-0.15, -0.1) is 0 Å². The molecule has 0 spiro atoms. The van der Waals surface area contributed by atoms with Gasteiger partial charge in [0.15, 0.2) is 0 Å². The first-order chi connectivity index (χ1) is 7.70. The molecule has 16 heavy (non-hydrogen) atoms. The van der Waals surface area contributed by atoms with Crippen LogP contribution in [-0.2, 0) is 0 Å². The zero-order chi connectivity index (χ0) is 11.5. The quantitative estimate of drug-likeness (QED) is 0.513. The Hall–Kier alpha value is -0.995. The molecular weight excluding hydrogens is 201 g/mol. The number of anilines is 1. The van der Waals surface area contributed by atoms with Crippen molar-refractivity contribution in [2.24, 2.45) is 0 Å². The lowest BCUT2D eigenvalue weighted by molar-refractivity contribution is 0.420. The molecule has 0 amide bonds. The van der Waals surface area contributed by atoms with Crippen LogP contribution < -0.4 is 11.2 Å². The molecule has 2 rings (SSSR count). The lowest BCUT2D eigenvalue weighted by atomic mass is 9.70. The second-order valence-electron chi connectivity index (χ2n) is 4.56. The van der Waals surface area contributed by atoms with E-state index >= 15 is 0 Å². The first kappa shape index (κ1) is 11.5. The van der Waals surface area contributed by atoms with Crippen LogP contribution in [0.4, 0.5) is 5.69 Å². The Morgan fingerprint density at radius 3 is 2.44 bits per heavy atom. The van der Waals surface area contributed by atoms with E-state index in [1.54, 1.807) is 12.1 Å². The van der Waals surface area contributed by atoms with Gasteiger partial charge in [0.25, 0.3) is 0 Å². The molecule has 0 heterocycles. The molecule has 0 bridgehead atoms. The second kappa shape index (κ2) is 4.89. The average molecular weight is 219 g/mol. The largest absolute Gasteiger partial charge is 0.488 e. The van der Waals surface area contributed by atoms with Crippen molar-refractivity contribution in [2.75, 3.05) is 5.73 Å². The van der Waals surface area contributed by atoms with Crippen molar-refractivity contribution in [3.05, 3.63) is 23.8 Å². The summed E-state index contributed by atoms with van der Waals surface area (Å²) in [5.41, 5.74) is 8.19. The summed E-state index contributed by atoms with van der Waals surface area (Å²) in [7, 11) is -1.42. The summed E-state index contributed by atoms with van der Waals surface area (Å²) in [5, 5.41) is 18.7. The average Bonchev–Trinajstić information content (AvgIpc) is 2.29. The van der Waals surface area contributed by atoms with Crippen molar-refractivity contribution in [3.8, 4) is 0 Å². The van der Waals surface area contributed by atoms with Crippen molar-refractivity contribution in [2.45, 2.75) is 38.0 Å². The lowest BCUT2D eigenvalue weighted by Crippen LogP contribution is -2.35. The second-order valence-corrected chi connectivity index (χ2v) is 4.56. The Morgan fingerprint density at radius 1 is 1.12 bits per heavy atom. The van der Waals surface area contributed by atoms with Gasteiger partial charge in [0, 0.05) is 5.69 Å². The van der Waals surface area contributed by atoms with Gasteiger partial charge >= 0.3 is 7.12 Å². The highest BCUT2D eigenvalue weighted by Gasteiger charge is 2.25. The summed E-state index contributed by atoms with van der Waals surface area (Å²) in [6.45, 7) is 0. The normalized spacial score (nSPS) is 17.4. The van der Waals surface area contributed by atoms with Crippen LogP contribution in [0.25, 0.3) is 0 Å². The van der Waals surface area contributed by atoms with Crippen LogP contribution in [0.2, 0.25) is 0 Å². The predicted octanol–water partition coefficient (Wildman–Crippen LogP) is 0.996. The summed E-state index contributed by atoms with van der Waals surface area (Å²) in [6, 6.07) is 5.37. The molecule has 0 radical (unpaired) electrons. The minimum atomic E-state index is -1.42. The highest BCUT2D eigenvalue weighted by Crippen LogP contribution is 2.34. The topological polar surface area (TPSA) is 66.5 Å². The number of hydrogen-bond acceptors (Lipinski definition) is 3. The minimum absolute atomic E-state index is 0.395. The molecule has 1 aliphatic carbocycles. The molecule has 0 unspecified atom stereocenters. The fourth-order valence-electron chi connectivity index (χ4n) is 2.69. The van der Waals surface area contributed by atoms with E-state index < -0.39 is 7.12 Å². The van der Waals surface area contributed by atoms with E-state index in [-0.39, 0.29) is 0 Å². The third kappa shape index (κ3) is 2.23. The Balaban J connectivity index is 2.36. The standard InChI is InChI=1S/C12H18BNO2/c14-11-8-4-7-10(13(15)16)12(11)9-5-2-1-3-6-9/h4,7-9,15-16H,1-3,5-6,14H2. The summed E-state index contributed by atoms with van der Waals surface area (Å²) in [6.07, 6.45) is 5.90. The summed E-state index contributed by atoms with van der Waals surface area (Å²) in [4.78, 5) is 0. The highest BCUT2D eigenvalue weighted by molar-refractivity contribution is 6.59. The SMILES string of the molecule is Nc1cccc(B(O)O)c1C1CCCCC1. The molecular formula is C12H18BNO2. The predicted molar refractivity (Wildman–Crippen MR) is 66.5 cm³/mol. The molecule has 1 aliphatic rings. The summed E-state index contributed by atoms with van der Waals surface area (Å²) < 4.78 is 0. The van der Waals surface area contributed by atoms with Crippen LogP contribution in [0.3, 0.4) is 0 Å². The van der Waals surface area contributed by atoms with Gasteiger partial charge in [-0.3, -0.25) is 0 Å². The van der Waals surface area contributed by atoms with Crippen LogP contribution in [0, 0.1) is 0 Å². The smallest absolute Gasteiger partial charge is 0.423 e. The van der Waals surface area contributed by atoms with Crippen LogP contribution in [0.15, 0.2) is 18.2 Å². The first-order valence-electron chi connectivity index (χ1n) is 5.94. The molecule has 1 aromatic carbocycles. The molecule has 0 atom stereocenters. The minimum Gasteiger partial charge on any atom is -0.423 e. The van der Waals surface area contributed by atoms with E-state index in [0.717, 1.165) is 18.4 Å². The summed E-state index contributed by atoms with van der Waals surface area (Å²) >= 11 is 0. The molecule has 0 aliphatic heterocycles. The van der Waals surface area contributed by atoms with Crippen molar-refractivity contribution in [1.82, 2.24) is 0 Å². The Labute approximate surface area is 96.4 Å². The van der Waals surface area contributed by atoms with Crippen molar-refractivity contribution >= 4 is 18.3 Å². The molecule has 86 valence electrons. The monoisotopic (exact) mass is 219 g/mol. The van der Waals surface area contributed by atoms with Gasteiger partial charge in [0.2, 0.25) is 0 Å². The maximum absolute atomic E-state index is 9.36. The Kier molecular flexibility index (Phi) is 3.51. The Morgan fingerprint density at radius 2 is 1.81 bits per heavy atom. The van der Waals surface area contributed by atoms with Crippen molar-refractivity contribution in [1.29, 1.82) is 0 Å². The van der Waals surface area contributed by atoms with Crippen LogP contribution in [0.5, 0.6) is 0 Å². The zero-order valence-corrected chi connectivity index (χ0v) is 9.39. The van der Waals surface area contributed by atoms with Crippen LogP contribution in [0.1, 0.15) is 43.6 Å². The van der Waals surface area contributed by atoms with E-state index in [2.05, 4.69) is 0 Å². The van der Waals surface area contributed by atoms with Gasteiger partial charge in [-0.25, -0.2) is 0 Å². The lowest BCUT2D eigenvalue weighted by Gasteiger charge is -2.25. The van der Waals surface area contributed by atoms with Crippen LogP contribution >= 0.6 is 0 Å². The fourth-order valence-corrected chi connectivity index (χ4v) is 2.69. The molecule has 0 saturated heterocycles. The number of nitrogen functional groups attached to an aromatic ring is 1. The maximum Gasteiger partial charge on any atom is 0.488 e. The molecule has 0 aromatic heterocycles. The first-order valence-corrected chi connectivity index (χ1v) is 5.94. The number of benzene rings is 1. The van der Waals surface area contributed by atoms with Gasteiger partial charge in [-0.1, -0.05) is 31.4 Å². The number of nitrogens with two attached hydrogens (primary N) is 1. The number of rotatable bonds is 2. The van der Waals surface area contributed by atoms with Gasteiger partial charge < -0.3 is 15.8 Å². The molecule has 1 fully saturated rings.